The summed E-state index contributed by atoms with van der Waals surface area (Å²) in [6, 6.07) is 16.4. The zero-order valence-corrected chi connectivity index (χ0v) is 14.2. The van der Waals surface area contributed by atoms with Crippen molar-refractivity contribution >= 4 is 0 Å². The smallest absolute Gasteiger partial charge is 0.266 e. The molecule has 0 N–H and O–H groups in total. The van der Waals surface area contributed by atoms with E-state index in [2.05, 4.69) is 50.4 Å². The molecule has 4 rings (SSSR count). The summed E-state index contributed by atoms with van der Waals surface area (Å²) in [6.45, 7) is 3.20. The summed E-state index contributed by atoms with van der Waals surface area (Å²) in [4.78, 5) is 6.78. The van der Waals surface area contributed by atoms with Gasteiger partial charge in [0.1, 0.15) is 5.69 Å². The highest BCUT2D eigenvalue weighted by Gasteiger charge is 2.26. The van der Waals surface area contributed by atoms with Crippen molar-refractivity contribution in [2.24, 2.45) is 0 Å². The van der Waals surface area contributed by atoms with Gasteiger partial charge in [-0.1, -0.05) is 36.4 Å². The van der Waals surface area contributed by atoms with E-state index in [4.69, 9.17) is 4.42 Å². The van der Waals surface area contributed by atoms with E-state index >= 15 is 0 Å². The molecule has 0 amide bonds. The Hall–Kier alpha value is -2.53. The summed E-state index contributed by atoms with van der Waals surface area (Å²) in [6.07, 6.45) is 5.09. The first-order valence-corrected chi connectivity index (χ1v) is 8.89. The molecule has 3 heterocycles. The van der Waals surface area contributed by atoms with Crippen molar-refractivity contribution in [1.29, 1.82) is 0 Å². The third kappa shape index (κ3) is 3.94. The van der Waals surface area contributed by atoms with Crippen molar-refractivity contribution in [2.45, 2.75) is 25.2 Å². The summed E-state index contributed by atoms with van der Waals surface area (Å²) in [5.74, 6) is 1.57. The fourth-order valence-corrected chi connectivity index (χ4v) is 3.38. The standard InChI is InChI=1S/C20H22N4O/c1-2-7-16(8-3-1)11-14-24-13-6-9-17(15-24)19-22-23-20(25-19)18-10-4-5-12-21-18/h1-5,7-8,10,12,17H,6,9,11,13-15H2/t17-/m0/s1. The number of hydrogen-bond acceptors (Lipinski definition) is 5. The predicted molar refractivity (Wildman–Crippen MR) is 96.1 cm³/mol. The lowest BCUT2D eigenvalue weighted by Gasteiger charge is -2.30. The lowest BCUT2D eigenvalue weighted by Crippen LogP contribution is -2.35. The summed E-state index contributed by atoms with van der Waals surface area (Å²) in [5.41, 5.74) is 2.12. The van der Waals surface area contributed by atoms with E-state index in [0.29, 0.717) is 11.8 Å². The van der Waals surface area contributed by atoms with Crippen molar-refractivity contribution in [2.75, 3.05) is 19.6 Å². The van der Waals surface area contributed by atoms with Gasteiger partial charge in [-0.25, -0.2) is 0 Å². The van der Waals surface area contributed by atoms with Crippen LogP contribution in [0.5, 0.6) is 0 Å². The second-order valence-corrected chi connectivity index (χ2v) is 6.54. The maximum atomic E-state index is 5.91. The molecule has 2 aromatic heterocycles. The Balaban J connectivity index is 1.39. The lowest BCUT2D eigenvalue weighted by atomic mass is 9.97. The molecule has 0 unspecified atom stereocenters. The van der Waals surface area contributed by atoms with Crippen LogP contribution in [0.15, 0.2) is 59.1 Å². The molecule has 0 bridgehead atoms. The second kappa shape index (κ2) is 7.57. The van der Waals surface area contributed by atoms with E-state index in [1.54, 1.807) is 6.20 Å². The minimum Gasteiger partial charge on any atom is -0.419 e. The SMILES string of the molecule is c1ccc(CCN2CCC[C@H](c3nnc(-c4ccccn4)o3)C2)cc1. The number of pyridine rings is 1. The Morgan fingerprint density at radius 2 is 1.92 bits per heavy atom. The molecule has 0 radical (unpaired) electrons. The van der Waals surface area contributed by atoms with Gasteiger partial charge in [-0.3, -0.25) is 4.98 Å². The molecule has 3 aromatic rings. The maximum Gasteiger partial charge on any atom is 0.266 e. The zero-order chi connectivity index (χ0) is 16.9. The molecule has 1 aliphatic heterocycles. The van der Waals surface area contributed by atoms with Crippen LogP contribution in [0.2, 0.25) is 0 Å². The van der Waals surface area contributed by atoms with Gasteiger partial charge in [0.25, 0.3) is 5.89 Å². The topological polar surface area (TPSA) is 55.1 Å². The van der Waals surface area contributed by atoms with E-state index in [1.165, 1.54) is 12.0 Å². The van der Waals surface area contributed by atoms with Gasteiger partial charge in [-0.05, 0) is 43.5 Å². The first kappa shape index (κ1) is 16.0. The van der Waals surface area contributed by atoms with Crippen LogP contribution in [0.25, 0.3) is 11.6 Å². The molecule has 1 fully saturated rings. The van der Waals surface area contributed by atoms with E-state index < -0.39 is 0 Å². The molecule has 1 atom stereocenters. The summed E-state index contributed by atoms with van der Waals surface area (Å²) >= 11 is 0. The third-order valence-corrected chi connectivity index (χ3v) is 4.74. The highest BCUT2D eigenvalue weighted by molar-refractivity contribution is 5.45. The highest BCUT2D eigenvalue weighted by Crippen LogP contribution is 2.28. The number of piperidine rings is 1. The Morgan fingerprint density at radius 1 is 1.04 bits per heavy atom. The van der Waals surface area contributed by atoms with Gasteiger partial charge in [0.15, 0.2) is 0 Å². The molecular weight excluding hydrogens is 312 g/mol. The number of likely N-dealkylation sites (tertiary alicyclic amines) is 1. The molecule has 0 aliphatic carbocycles. The van der Waals surface area contributed by atoms with Crippen molar-refractivity contribution in [1.82, 2.24) is 20.1 Å². The van der Waals surface area contributed by atoms with E-state index in [1.807, 2.05) is 18.2 Å². The van der Waals surface area contributed by atoms with E-state index in [9.17, 15) is 0 Å². The molecule has 1 aliphatic rings. The zero-order valence-electron chi connectivity index (χ0n) is 14.2. The van der Waals surface area contributed by atoms with Gasteiger partial charge >= 0.3 is 0 Å². The summed E-state index contributed by atoms with van der Waals surface area (Å²) in [7, 11) is 0. The lowest BCUT2D eigenvalue weighted by molar-refractivity contribution is 0.195. The molecule has 1 saturated heterocycles. The average molecular weight is 334 g/mol. The molecule has 25 heavy (non-hydrogen) atoms. The maximum absolute atomic E-state index is 5.91. The Morgan fingerprint density at radius 3 is 2.76 bits per heavy atom. The molecule has 0 spiro atoms. The molecular formula is C20H22N4O. The van der Waals surface area contributed by atoms with Crippen LogP contribution in [0, 0.1) is 0 Å². The van der Waals surface area contributed by atoms with Gasteiger partial charge < -0.3 is 9.32 Å². The Labute approximate surface area is 147 Å². The number of rotatable bonds is 5. The van der Waals surface area contributed by atoms with Crippen LogP contribution in [-0.4, -0.2) is 39.7 Å². The normalized spacial score (nSPS) is 18.3. The minimum absolute atomic E-state index is 0.314. The molecule has 1 aromatic carbocycles. The molecule has 0 saturated carbocycles. The van der Waals surface area contributed by atoms with Gasteiger partial charge in [-0.15, -0.1) is 10.2 Å². The van der Waals surface area contributed by atoms with Crippen LogP contribution in [0.3, 0.4) is 0 Å². The van der Waals surface area contributed by atoms with Crippen LogP contribution >= 0.6 is 0 Å². The van der Waals surface area contributed by atoms with Crippen molar-refractivity contribution < 1.29 is 4.42 Å². The fourth-order valence-electron chi connectivity index (χ4n) is 3.38. The molecule has 5 heteroatoms. The van der Waals surface area contributed by atoms with E-state index in [0.717, 1.165) is 44.1 Å². The number of nitrogens with zero attached hydrogens (tertiary/aromatic N) is 4. The van der Waals surface area contributed by atoms with Gasteiger partial charge in [-0.2, -0.15) is 0 Å². The monoisotopic (exact) mass is 334 g/mol. The van der Waals surface area contributed by atoms with Crippen LogP contribution in [0.1, 0.15) is 30.2 Å². The second-order valence-electron chi connectivity index (χ2n) is 6.54. The number of benzene rings is 1. The van der Waals surface area contributed by atoms with Gasteiger partial charge in [0.2, 0.25) is 5.89 Å². The third-order valence-electron chi connectivity index (χ3n) is 4.74. The first-order valence-electron chi connectivity index (χ1n) is 8.89. The fraction of sp³-hybridized carbons (Fsp3) is 0.350. The first-order chi connectivity index (χ1) is 12.4. The van der Waals surface area contributed by atoms with Crippen molar-refractivity contribution in [3.05, 3.63) is 66.2 Å². The number of hydrogen-bond donors (Lipinski definition) is 0. The van der Waals surface area contributed by atoms with Gasteiger partial charge in [0, 0.05) is 19.3 Å². The minimum atomic E-state index is 0.314. The largest absolute Gasteiger partial charge is 0.419 e. The van der Waals surface area contributed by atoms with Crippen molar-refractivity contribution in [3.63, 3.8) is 0 Å². The summed E-state index contributed by atoms with van der Waals surface area (Å²) < 4.78 is 5.91. The van der Waals surface area contributed by atoms with E-state index in [-0.39, 0.29) is 0 Å². The number of aromatic nitrogens is 3. The Kier molecular flexibility index (Phi) is 4.84. The average Bonchev–Trinajstić information content (AvgIpc) is 3.18. The van der Waals surface area contributed by atoms with Crippen LogP contribution in [0.4, 0.5) is 0 Å². The summed E-state index contributed by atoms with van der Waals surface area (Å²) in [5, 5.41) is 8.47. The van der Waals surface area contributed by atoms with Crippen LogP contribution < -0.4 is 0 Å². The van der Waals surface area contributed by atoms with Gasteiger partial charge in [0.05, 0.1) is 5.92 Å². The Bertz CT molecular complexity index is 788. The molecule has 128 valence electrons. The van der Waals surface area contributed by atoms with Crippen LogP contribution in [-0.2, 0) is 6.42 Å². The predicted octanol–water partition coefficient (Wildman–Crippen LogP) is 3.55. The highest BCUT2D eigenvalue weighted by atomic mass is 16.4. The quantitative estimate of drug-likeness (QED) is 0.714. The van der Waals surface area contributed by atoms with Crippen molar-refractivity contribution in [3.8, 4) is 11.6 Å². The molecule has 5 nitrogen and oxygen atoms in total.